The maximum absolute atomic E-state index is 13.6. The molecule has 6 nitrogen and oxygen atoms in total. The number of benzene rings is 1. The Bertz CT molecular complexity index is 714. The third-order valence-corrected chi connectivity index (χ3v) is 4.57. The molecule has 26 heavy (non-hydrogen) atoms. The summed E-state index contributed by atoms with van der Waals surface area (Å²) in [6.45, 7) is 0.428. The Labute approximate surface area is 159 Å². The van der Waals surface area contributed by atoms with Crippen molar-refractivity contribution in [2.75, 3.05) is 26.8 Å². The SMILES string of the molecule is COC(=O)C1CCN(C(=O)COC(=O)/C=C/c2cc(Br)ccc2F)CC1. The number of hydrogen-bond donors (Lipinski definition) is 0. The highest BCUT2D eigenvalue weighted by Crippen LogP contribution is 2.19. The van der Waals surface area contributed by atoms with Crippen LogP contribution in [0, 0.1) is 11.7 Å². The number of esters is 2. The number of carbonyl (C=O) groups excluding carboxylic acids is 3. The lowest BCUT2D eigenvalue weighted by Gasteiger charge is -2.30. The van der Waals surface area contributed by atoms with E-state index in [1.165, 1.54) is 25.3 Å². The summed E-state index contributed by atoms with van der Waals surface area (Å²) in [6, 6.07) is 4.35. The molecule has 1 aliphatic heterocycles. The quantitative estimate of drug-likeness (QED) is 0.533. The van der Waals surface area contributed by atoms with Crippen molar-refractivity contribution in [2.24, 2.45) is 5.92 Å². The molecule has 0 aromatic heterocycles. The smallest absolute Gasteiger partial charge is 0.331 e. The van der Waals surface area contributed by atoms with Gasteiger partial charge >= 0.3 is 11.9 Å². The van der Waals surface area contributed by atoms with Crippen molar-refractivity contribution in [1.82, 2.24) is 4.90 Å². The van der Waals surface area contributed by atoms with Gasteiger partial charge in [-0.2, -0.15) is 0 Å². The predicted molar refractivity (Wildman–Crippen MR) is 95.4 cm³/mol. The van der Waals surface area contributed by atoms with Gasteiger partial charge in [0.2, 0.25) is 0 Å². The summed E-state index contributed by atoms with van der Waals surface area (Å²) in [5, 5.41) is 0. The largest absolute Gasteiger partial charge is 0.469 e. The fraction of sp³-hybridized carbons (Fsp3) is 0.389. The molecule has 0 bridgehead atoms. The molecule has 1 fully saturated rings. The molecule has 1 aromatic rings. The van der Waals surface area contributed by atoms with Crippen molar-refractivity contribution in [2.45, 2.75) is 12.8 Å². The maximum atomic E-state index is 13.6. The Morgan fingerprint density at radius 3 is 2.65 bits per heavy atom. The predicted octanol–water partition coefficient (Wildman–Crippen LogP) is 2.56. The monoisotopic (exact) mass is 427 g/mol. The number of rotatable bonds is 5. The van der Waals surface area contributed by atoms with Crippen molar-refractivity contribution in [3.05, 3.63) is 40.1 Å². The Hall–Kier alpha value is -2.22. The van der Waals surface area contributed by atoms with Crippen molar-refractivity contribution >= 4 is 39.9 Å². The number of piperidine rings is 1. The Morgan fingerprint density at radius 2 is 2.00 bits per heavy atom. The van der Waals surface area contributed by atoms with Gasteiger partial charge in [-0.05, 0) is 37.1 Å². The highest BCUT2D eigenvalue weighted by Gasteiger charge is 2.28. The molecular formula is C18H19BrFNO5. The fourth-order valence-electron chi connectivity index (χ4n) is 2.60. The number of likely N-dealkylation sites (tertiary alicyclic amines) is 1. The van der Waals surface area contributed by atoms with Gasteiger partial charge in [-0.15, -0.1) is 0 Å². The van der Waals surface area contributed by atoms with Crippen LogP contribution in [0.5, 0.6) is 0 Å². The van der Waals surface area contributed by atoms with Crippen LogP contribution in [-0.2, 0) is 23.9 Å². The lowest BCUT2D eigenvalue weighted by Crippen LogP contribution is -2.42. The van der Waals surface area contributed by atoms with E-state index >= 15 is 0 Å². The second-order valence-electron chi connectivity index (χ2n) is 5.79. The van der Waals surface area contributed by atoms with Gasteiger partial charge in [-0.3, -0.25) is 9.59 Å². The van der Waals surface area contributed by atoms with Crippen molar-refractivity contribution < 1.29 is 28.2 Å². The summed E-state index contributed by atoms with van der Waals surface area (Å²) >= 11 is 3.22. The van der Waals surface area contributed by atoms with Gasteiger partial charge < -0.3 is 14.4 Å². The number of amides is 1. The molecule has 1 aliphatic rings. The molecular weight excluding hydrogens is 409 g/mol. The lowest BCUT2D eigenvalue weighted by molar-refractivity contribution is -0.151. The zero-order valence-corrected chi connectivity index (χ0v) is 15.8. The van der Waals surface area contributed by atoms with Crippen molar-refractivity contribution in [3.63, 3.8) is 0 Å². The number of nitrogens with zero attached hydrogens (tertiary/aromatic N) is 1. The lowest BCUT2D eigenvalue weighted by atomic mass is 9.97. The van der Waals surface area contributed by atoms with Crippen LogP contribution < -0.4 is 0 Å². The van der Waals surface area contributed by atoms with E-state index in [0.29, 0.717) is 30.4 Å². The molecule has 8 heteroatoms. The van der Waals surface area contributed by atoms with Crippen LogP contribution in [0.15, 0.2) is 28.7 Å². The van der Waals surface area contributed by atoms with E-state index in [1.54, 1.807) is 11.0 Å². The van der Waals surface area contributed by atoms with Gasteiger partial charge in [0.15, 0.2) is 6.61 Å². The minimum atomic E-state index is -0.734. The zero-order chi connectivity index (χ0) is 19.1. The van der Waals surface area contributed by atoms with Crippen LogP contribution >= 0.6 is 15.9 Å². The molecule has 0 saturated carbocycles. The van der Waals surface area contributed by atoms with E-state index in [4.69, 9.17) is 9.47 Å². The number of hydrogen-bond acceptors (Lipinski definition) is 5. The van der Waals surface area contributed by atoms with Crippen LogP contribution in [0.1, 0.15) is 18.4 Å². The molecule has 0 radical (unpaired) electrons. The first kappa shape index (κ1) is 20.1. The van der Waals surface area contributed by atoms with Crippen LogP contribution in [0.4, 0.5) is 4.39 Å². The maximum Gasteiger partial charge on any atom is 0.331 e. The van der Waals surface area contributed by atoms with E-state index < -0.39 is 18.4 Å². The van der Waals surface area contributed by atoms with Gasteiger partial charge in [-0.1, -0.05) is 15.9 Å². The van der Waals surface area contributed by atoms with E-state index in [-0.39, 0.29) is 23.4 Å². The van der Waals surface area contributed by atoms with Gasteiger partial charge in [0, 0.05) is 29.2 Å². The minimum absolute atomic E-state index is 0.199. The van der Waals surface area contributed by atoms with Crippen LogP contribution in [0.2, 0.25) is 0 Å². The molecule has 0 aliphatic carbocycles. The summed E-state index contributed by atoms with van der Waals surface area (Å²) in [7, 11) is 1.34. The van der Waals surface area contributed by atoms with Crippen molar-refractivity contribution in [1.29, 1.82) is 0 Å². The number of methoxy groups -OCH3 is 1. The number of carbonyl (C=O) groups is 3. The van der Waals surface area contributed by atoms with Crippen LogP contribution in [0.3, 0.4) is 0 Å². The second kappa shape index (κ2) is 9.47. The summed E-state index contributed by atoms with van der Waals surface area (Å²) in [5.74, 6) is -2.00. The van der Waals surface area contributed by atoms with E-state index in [0.717, 1.165) is 6.08 Å². The molecule has 0 N–H and O–H groups in total. The Balaban J connectivity index is 1.78. The highest BCUT2D eigenvalue weighted by atomic mass is 79.9. The van der Waals surface area contributed by atoms with Crippen molar-refractivity contribution in [3.8, 4) is 0 Å². The highest BCUT2D eigenvalue weighted by molar-refractivity contribution is 9.10. The Morgan fingerprint density at radius 1 is 1.31 bits per heavy atom. The first-order chi connectivity index (χ1) is 12.4. The summed E-state index contributed by atoms with van der Waals surface area (Å²) < 4.78 is 23.8. The fourth-order valence-corrected chi connectivity index (χ4v) is 2.98. The standard InChI is InChI=1S/C18H19BrFNO5/c1-25-18(24)12-6-8-21(9-7-12)16(22)11-26-17(23)5-2-13-10-14(19)3-4-15(13)20/h2-5,10,12H,6-9,11H2,1H3/b5-2+. The average Bonchev–Trinajstić information content (AvgIpc) is 2.66. The third-order valence-electron chi connectivity index (χ3n) is 4.08. The molecule has 0 spiro atoms. The first-order valence-corrected chi connectivity index (χ1v) is 8.85. The van der Waals surface area contributed by atoms with Gasteiger partial charge in [0.05, 0.1) is 13.0 Å². The molecule has 2 rings (SSSR count). The molecule has 1 heterocycles. The van der Waals surface area contributed by atoms with Gasteiger partial charge in [0.25, 0.3) is 5.91 Å². The molecule has 0 unspecified atom stereocenters. The van der Waals surface area contributed by atoms with Crippen LogP contribution in [-0.4, -0.2) is 49.6 Å². The topological polar surface area (TPSA) is 72.9 Å². The molecule has 1 saturated heterocycles. The normalized spacial score (nSPS) is 15.1. The molecule has 1 amide bonds. The molecule has 1 aromatic carbocycles. The second-order valence-corrected chi connectivity index (χ2v) is 6.70. The van der Waals surface area contributed by atoms with Gasteiger partial charge in [-0.25, -0.2) is 9.18 Å². The summed E-state index contributed by atoms with van der Waals surface area (Å²) in [5.41, 5.74) is 0.229. The number of halogens is 2. The minimum Gasteiger partial charge on any atom is -0.469 e. The molecule has 140 valence electrons. The summed E-state index contributed by atoms with van der Waals surface area (Å²) in [6.07, 6.45) is 3.40. The van der Waals surface area contributed by atoms with Crippen LogP contribution in [0.25, 0.3) is 6.08 Å². The Kier molecular flexibility index (Phi) is 7.32. The van der Waals surface area contributed by atoms with Gasteiger partial charge in [0.1, 0.15) is 5.82 Å². The first-order valence-electron chi connectivity index (χ1n) is 8.06. The number of ether oxygens (including phenoxy) is 2. The van der Waals surface area contributed by atoms with E-state index in [2.05, 4.69) is 15.9 Å². The zero-order valence-electron chi connectivity index (χ0n) is 14.2. The van der Waals surface area contributed by atoms with E-state index in [9.17, 15) is 18.8 Å². The van der Waals surface area contributed by atoms with E-state index in [1.807, 2.05) is 0 Å². The average molecular weight is 428 g/mol. The third kappa shape index (κ3) is 5.66. The summed E-state index contributed by atoms with van der Waals surface area (Å²) in [4.78, 5) is 36.8. The molecule has 0 atom stereocenters.